The molecule has 128 valence electrons. The Balaban J connectivity index is 1.70. The molecule has 0 aromatic rings. The van der Waals surface area contributed by atoms with E-state index >= 15 is 0 Å². The largest absolute Gasteiger partial charge is 0.393 e. The average molecular weight is 318 g/mol. The van der Waals surface area contributed by atoms with Crippen molar-refractivity contribution in [1.82, 2.24) is 0 Å². The molecule has 0 bridgehead atoms. The lowest BCUT2D eigenvalue weighted by Gasteiger charge is -2.61. The number of aliphatic hydroxyl groups excluding tert-OH is 1. The molecule has 3 heteroatoms. The molecule has 8 atom stereocenters. The maximum atomic E-state index is 12.5. The van der Waals surface area contributed by atoms with Crippen LogP contribution in [0.1, 0.15) is 65.7 Å². The molecule has 4 fully saturated rings. The van der Waals surface area contributed by atoms with Gasteiger partial charge in [0.1, 0.15) is 0 Å². The molecule has 0 radical (unpaired) electrons. The summed E-state index contributed by atoms with van der Waals surface area (Å²) in [6, 6.07) is 0. The molecule has 0 aromatic heterocycles. The molecule has 0 spiro atoms. The van der Waals surface area contributed by atoms with Crippen LogP contribution in [-0.2, 0) is 9.59 Å². The first-order valence-electron chi connectivity index (χ1n) is 9.55. The van der Waals surface area contributed by atoms with Gasteiger partial charge in [-0.05, 0) is 73.0 Å². The Morgan fingerprint density at radius 1 is 1.00 bits per heavy atom. The van der Waals surface area contributed by atoms with Crippen LogP contribution in [0.4, 0.5) is 0 Å². The van der Waals surface area contributed by atoms with Gasteiger partial charge in [0.25, 0.3) is 0 Å². The summed E-state index contributed by atoms with van der Waals surface area (Å²) in [7, 11) is 0. The number of aliphatic hydroxyl groups is 1. The van der Waals surface area contributed by atoms with E-state index in [2.05, 4.69) is 20.8 Å². The monoisotopic (exact) mass is 318 g/mol. The van der Waals surface area contributed by atoms with Crippen molar-refractivity contribution >= 4 is 11.6 Å². The molecule has 0 heterocycles. The summed E-state index contributed by atoms with van der Waals surface area (Å²) in [5, 5.41) is 10.5. The summed E-state index contributed by atoms with van der Waals surface area (Å²) in [6.45, 7) is 6.79. The van der Waals surface area contributed by atoms with Crippen LogP contribution in [0.3, 0.4) is 0 Å². The lowest BCUT2D eigenvalue weighted by molar-refractivity contribution is -0.167. The van der Waals surface area contributed by atoms with Crippen LogP contribution in [0.5, 0.6) is 0 Å². The minimum Gasteiger partial charge on any atom is -0.393 e. The fraction of sp³-hybridized carbons (Fsp3) is 0.900. The number of hydrogen-bond acceptors (Lipinski definition) is 3. The zero-order chi connectivity index (χ0) is 16.6. The Labute approximate surface area is 139 Å². The lowest BCUT2D eigenvalue weighted by Crippen LogP contribution is -2.59. The zero-order valence-electron chi connectivity index (χ0n) is 14.7. The number of rotatable bonds is 0. The Bertz CT molecular complexity index is 555. The zero-order valence-corrected chi connectivity index (χ0v) is 14.7. The van der Waals surface area contributed by atoms with Gasteiger partial charge in [-0.15, -0.1) is 0 Å². The summed E-state index contributed by atoms with van der Waals surface area (Å²) in [5.41, 5.74) is 0.0743. The van der Waals surface area contributed by atoms with Gasteiger partial charge in [-0.1, -0.05) is 20.8 Å². The third-order valence-electron chi connectivity index (χ3n) is 8.87. The Hall–Kier alpha value is -0.700. The first-order chi connectivity index (χ1) is 10.8. The third kappa shape index (κ3) is 1.86. The van der Waals surface area contributed by atoms with Crippen molar-refractivity contribution in [3.05, 3.63) is 0 Å². The lowest BCUT2D eigenvalue weighted by atomic mass is 9.43. The van der Waals surface area contributed by atoms with Crippen molar-refractivity contribution in [2.24, 2.45) is 40.4 Å². The van der Waals surface area contributed by atoms with Crippen molar-refractivity contribution in [3.63, 3.8) is 0 Å². The Morgan fingerprint density at radius 2 is 1.74 bits per heavy atom. The first kappa shape index (κ1) is 15.8. The van der Waals surface area contributed by atoms with Gasteiger partial charge in [-0.3, -0.25) is 9.59 Å². The molecular formula is C20H30O3. The molecular weight excluding hydrogens is 288 g/mol. The average Bonchev–Trinajstić information content (AvgIpc) is 2.81. The molecule has 4 rings (SSSR count). The number of ketones is 2. The van der Waals surface area contributed by atoms with E-state index in [-0.39, 0.29) is 34.4 Å². The predicted molar refractivity (Wildman–Crippen MR) is 87.7 cm³/mol. The predicted octanol–water partition coefficient (Wildman–Crippen LogP) is 3.38. The van der Waals surface area contributed by atoms with Crippen LogP contribution in [0.25, 0.3) is 0 Å². The van der Waals surface area contributed by atoms with Crippen molar-refractivity contribution in [2.75, 3.05) is 0 Å². The number of carbonyl (C=O) groups excluding carboxylic acids is 2. The van der Waals surface area contributed by atoms with Gasteiger partial charge in [-0.2, -0.15) is 0 Å². The number of carbonyl (C=O) groups is 2. The topological polar surface area (TPSA) is 54.4 Å². The minimum atomic E-state index is -0.147. The molecule has 0 saturated heterocycles. The second-order valence-electron chi connectivity index (χ2n) is 9.40. The van der Waals surface area contributed by atoms with Gasteiger partial charge in [0.15, 0.2) is 5.78 Å². The number of hydrogen-bond donors (Lipinski definition) is 1. The SMILES string of the molecule is CC1CC(=O)C(=O)C2CC[C@@H]3[C@H](CC[C@]4(C)[C@@H](O)CC[C@@H]34)[C@@]12C. The summed E-state index contributed by atoms with van der Waals surface area (Å²) in [4.78, 5) is 24.6. The van der Waals surface area contributed by atoms with Gasteiger partial charge in [0.2, 0.25) is 5.78 Å². The second-order valence-corrected chi connectivity index (χ2v) is 9.40. The molecule has 23 heavy (non-hydrogen) atoms. The fourth-order valence-electron chi connectivity index (χ4n) is 7.28. The van der Waals surface area contributed by atoms with Crippen LogP contribution in [0.2, 0.25) is 0 Å². The van der Waals surface area contributed by atoms with Gasteiger partial charge < -0.3 is 5.11 Å². The summed E-state index contributed by atoms with van der Waals surface area (Å²) in [6.07, 6.45) is 6.53. The molecule has 2 unspecified atom stereocenters. The Morgan fingerprint density at radius 3 is 2.48 bits per heavy atom. The van der Waals surface area contributed by atoms with E-state index in [0.717, 1.165) is 38.5 Å². The van der Waals surface area contributed by atoms with E-state index in [1.807, 2.05) is 0 Å². The van der Waals surface area contributed by atoms with Gasteiger partial charge in [0, 0.05) is 12.3 Å². The first-order valence-corrected chi connectivity index (χ1v) is 9.55. The van der Waals surface area contributed by atoms with Crippen molar-refractivity contribution < 1.29 is 14.7 Å². The number of Topliss-reactive ketones (excluding diaryl/α,β-unsaturated/α-hetero) is 2. The van der Waals surface area contributed by atoms with Crippen LogP contribution < -0.4 is 0 Å². The second kappa shape index (κ2) is 4.91. The molecule has 0 aliphatic heterocycles. The maximum Gasteiger partial charge on any atom is 0.202 e. The van der Waals surface area contributed by atoms with E-state index in [1.54, 1.807) is 0 Å². The van der Waals surface area contributed by atoms with E-state index < -0.39 is 0 Å². The van der Waals surface area contributed by atoms with Crippen molar-refractivity contribution in [2.45, 2.75) is 71.8 Å². The molecule has 0 amide bonds. The highest BCUT2D eigenvalue weighted by Gasteiger charge is 2.63. The molecule has 4 aliphatic carbocycles. The summed E-state index contributed by atoms with van der Waals surface area (Å²) < 4.78 is 0. The standard InChI is InChI=1S/C20H30O3/c1-11-10-16(21)18(23)15-5-4-12-13-6-7-17(22)19(13,2)9-8-14(12)20(11,15)3/h11-15,17,22H,4-10H2,1-3H3/t11?,12-,13-,14-,15?,17-,19-,20+/m0/s1. The summed E-state index contributed by atoms with van der Waals surface area (Å²) in [5.74, 6) is 1.84. The summed E-state index contributed by atoms with van der Waals surface area (Å²) >= 11 is 0. The molecule has 4 aliphatic rings. The highest BCUT2D eigenvalue weighted by atomic mass is 16.3. The molecule has 3 nitrogen and oxygen atoms in total. The van der Waals surface area contributed by atoms with E-state index in [4.69, 9.17) is 0 Å². The fourth-order valence-corrected chi connectivity index (χ4v) is 7.28. The minimum absolute atomic E-state index is 0.0111. The van der Waals surface area contributed by atoms with Crippen LogP contribution in [0, 0.1) is 40.4 Å². The van der Waals surface area contributed by atoms with E-state index in [1.165, 1.54) is 0 Å². The molecule has 4 saturated carbocycles. The quantitative estimate of drug-likeness (QED) is 0.697. The van der Waals surface area contributed by atoms with Crippen molar-refractivity contribution in [3.8, 4) is 0 Å². The van der Waals surface area contributed by atoms with Crippen LogP contribution in [-0.4, -0.2) is 22.8 Å². The van der Waals surface area contributed by atoms with Crippen molar-refractivity contribution in [1.29, 1.82) is 0 Å². The smallest absolute Gasteiger partial charge is 0.202 e. The van der Waals surface area contributed by atoms with Gasteiger partial charge in [0.05, 0.1) is 6.10 Å². The molecule has 1 N–H and O–H groups in total. The number of fused-ring (bicyclic) bond motifs is 5. The van der Waals surface area contributed by atoms with Crippen LogP contribution in [0.15, 0.2) is 0 Å². The van der Waals surface area contributed by atoms with E-state index in [0.29, 0.717) is 30.1 Å². The van der Waals surface area contributed by atoms with Gasteiger partial charge in [-0.25, -0.2) is 0 Å². The van der Waals surface area contributed by atoms with Gasteiger partial charge >= 0.3 is 0 Å². The third-order valence-corrected chi connectivity index (χ3v) is 8.87. The highest BCUT2D eigenvalue weighted by molar-refractivity contribution is 6.38. The molecule has 0 aromatic carbocycles. The van der Waals surface area contributed by atoms with Crippen LogP contribution >= 0.6 is 0 Å². The highest BCUT2D eigenvalue weighted by Crippen LogP contribution is 2.66. The maximum absolute atomic E-state index is 12.5. The van der Waals surface area contributed by atoms with E-state index in [9.17, 15) is 14.7 Å². The Kier molecular flexibility index (Phi) is 3.37. The normalized spacial score (nSPS) is 56.0.